The zero-order valence-corrected chi connectivity index (χ0v) is 36.3. The van der Waals surface area contributed by atoms with Crippen LogP contribution in [0.2, 0.25) is 0 Å². The monoisotopic (exact) mass is 864 g/mol. The van der Waals surface area contributed by atoms with Gasteiger partial charge in [0.15, 0.2) is 6.10 Å². The molecular weight excluding hydrogens is 794 g/mol. The third-order valence-corrected chi connectivity index (χ3v) is 9.39. The number of carbonyl (C=O) groups excluding carboxylic acids is 2. The molecule has 0 amide bonds. The van der Waals surface area contributed by atoms with Crippen molar-refractivity contribution in [2.75, 3.05) is 26.4 Å². The highest BCUT2D eigenvalue weighted by Gasteiger charge is 2.28. The summed E-state index contributed by atoms with van der Waals surface area (Å²) in [6, 6.07) is 0. The van der Waals surface area contributed by atoms with E-state index in [0.29, 0.717) is 38.0 Å². The maximum atomic E-state index is 12.6. The van der Waals surface area contributed by atoms with E-state index < -0.39 is 78.4 Å². The van der Waals surface area contributed by atoms with Gasteiger partial charge in [-0.15, -0.1) is 0 Å². The molecule has 0 radical (unpaired) electrons. The smallest absolute Gasteiger partial charge is 0.462 e. The largest absolute Gasteiger partial charge is 0.472 e. The number of phosphoric ester groups is 2. The Morgan fingerprint density at radius 2 is 1.17 bits per heavy atom. The summed E-state index contributed by atoms with van der Waals surface area (Å²) in [6.45, 7) is 3.55. The number of aliphatic hydroxyl groups is 3. The molecule has 0 bridgehead atoms. The molecule has 0 spiro atoms. The Kier molecular flexibility index (Phi) is 33.7. The first-order chi connectivity index (χ1) is 27.5. The van der Waals surface area contributed by atoms with Gasteiger partial charge >= 0.3 is 27.6 Å². The van der Waals surface area contributed by atoms with Gasteiger partial charge in [-0.05, 0) is 44.4 Å². The number of allylic oxidation sites excluding steroid dienone is 8. The zero-order chi connectivity index (χ0) is 43.5. The minimum atomic E-state index is -4.88. The molecule has 0 aliphatic heterocycles. The number of rotatable bonds is 36. The van der Waals surface area contributed by atoms with Crippen molar-refractivity contribution < 1.29 is 71.8 Å². The lowest BCUT2D eigenvalue weighted by atomic mass is 10.0. The summed E-state index contributed by atoms with van der Waals surface area (Å²) < 4.78 is 47.5. The Hall–Kier alpha value is -2.52. The van der Waals surface area contributed by atoms with Crippen LogP contribution < -0.4 is 0 Å². The third-order valence-electron chi connectivity index (χ3n) is 7.96. The fraction of sp³-hybridized carbons (Fsp3) is 0.659. The van der Waals surface area contributed by atoms with Crippen molar-refractivity contribution in [3.63, 3.8) is 0 Å². The van der Waals surface area contributed by atoms with Crippen LogP contribution in [0.4, 0.5) is 0 Å². The van der Waals surface area contributed by atoms with Gasteiger partial charge in [0.1, 0.15) is 12.7 Å². The molecule has 5 atom stereocenters. The van der Waals surface area contributed by atoms with Crippen molar-refractivity contribution in [3.05, 3.63) is 72.9 Å². The van der Waals surface area contributed by atoms with Crippen LogP contribution >= 0.6 is 15.6 Å². The predicted molar refractivity (Wildman–Crippen MR) is 223 cm³/mol. The molecule has 334 valence electrons. The van der Waals surface area contributed by atoms with Gasteiger partial charge in [-0.1, -0.05) is 139 Å². The van der Waals surface area contributed by atoms with E-state index >= 15 is 0 Å². The molecule has 6 N–H and O–H groups in total. The Balaban J connectivity index is 4.75. The van der Waals surface area contributed by atoms with Crippen molar-refractivity contribution in [1.82, 2.24) is 0 Å². The molecule has 15 nitrogen and oxygen atoms in total. The average Bonchev–Trinajstić information content (AvgIpc) is 3.15. The second-order valence-electron chi connectivity index (χ2n) is 14.1. The first-order valence-corrected chi connectivity index (χ1v) is 23.2. The van der Waals surface area contributed by atoms with Crippen molar-refractivity contribution in [2.45, 2.75) is 141 Å². The number of unbranched alkanes of at least 4 members (excludes halogenated alkanes) is 6. The summed E-state index contributed by atoms with van der Waals surface area (Å²) in [6.07, 6.45) is 28.7. The summed E-state index contributed by atoms with van der Waals surface area (Å²) in [4.78, 5) is 52.5. The van der Waals surface area contributed by atoms with Gasteiger partial charge in [-0.25, -0.2) is 9.13 Å². The van der Waals surface area contributed by atoms with Gasteiger partial charge < -0.3 is 39.5 Å². The Morgan fingerprint density at radius 3 is 1.78 bits per heavy atom. The number of phosphoric acid groups is 2. The predicted octanol–water partition coefficient (Wildman–Crippen LogP) is 7.63. The molecular formula is C41H70O15P2. The first-order valence-electron chi connectivity index (χ1n) is 20.2. The fourth-order valence-electron chi connectivity index (χ4n) is 4.85. The van der Waals surface area contributed by atoms with E-state index in [4.69, 9.17) is 23.8 Å². The minimum Gasteiger partial charge on any atom is -0.462 e. The number of aliphatic hydroxyl groups excluding tert-OH is 3. The summed E-state index contributed by atoms with van der Waals surface area (Å²) >= 11 is 0. The van der Waals surface area contributed by atoms with E-state index in [9.17, 15) is 38.9 Å². The molecule has 1 unspecified atom stereocenters. The molecule has 0 fully saturated rings. The van der Waals surface area contributed by atoms with E-state index in [-0.39, 0.29) is 12.8 Å². The van der Waals surface area contributed by atoms with E-state index in [1.807, 2.05) is 37.3 Å². The topological polar surface area (TPSA) is 236 Å². The van der Waals surface area contributed by atoms with E-state index in [2.05, 4.69) is 22.9 Å². The molecule has 17 heteroatoms. The van der Waals surface area contributed by atoms with E-state index in [1.165, 1.54) is 19.3 Å². The normalized spacial score (nSPS) is 16.0. The van der Waals surface area contributed by atoms with Gasteiger partial charge in [0, 0.05) is 12.8 Å². The lowest BCUT2D eigenvalue weighted by molar-refractivity contribution is -0.161. The lowest BCUT2D eigenvalue weighted by Gasteiger charge is -2.20. The maximum Gasteiger partial charge on any atom is 0.472 e. The van der Waals surface area contributed by atoms with Crippen LogP contribution in [0.25, 0.3) is 0 Å². The molecule has 0 aliphatic rings. The molecule has 0 aromatic heterocycles. The van der Waals surface area contributed by atoms with Crippen LogP contribution in [0, 0.1) is 5.92 Å². The number of ether oxygens (including phenoxy) is 2. The third kappa shape index (κ3) is 39.0. The van der Waals surface area contributed by atoms with Gasteiger partial charge in [-0.3, -0.25) is 23.2 Å². The van der Waals surface area contributed by atoms with Crippen LogP contribution in [-0.2, 0) is 41.8 Å². The zero-order valence-electron chi connectivity index (χ0n) is 34.5. The second-order valence-corrected chi connectivity index (χ2v) is 16.8. The van der Waals surface area contributed by atoms with Gasteiger partial charge in [-0.2, -0.15) is 0 Å². The first kappa shape index (κ1) is 55.5. The van der Waals surface area contributed by atoms with Gasteiger partial charge in [0.25, 0.3) is 0 Å². The van der Waals surface area contributed by atoms with Crippen molar-refractivity contribution in [1.29, 1.82) is 0 Å². The standard InChI is InChI=1S/C41H70O15P2/c1-4-5-17-25-36(42)27-20-15-16-21-28-37(43)26-19-12-9-10-13-22-29-40(45)52-33-39(34-55-58(50,51)54-32-38(44)31-53-57(47,48)49)56-41(46)30-23-14-8-6-7-11-18-24-35(2)3/h5,10,12-13,15-17,19-21,27-28,35-39,42-44H,4,6-9,11,14,18,22-26,29-34H2,1-3H3,(H,50,51)(H2,47,48,49)/b13-10-,16-15-,17-5-,19-12-,27-20+,28-21+/t36-,37+,38+,39-/m1/s1. The summed E-state index contributed by atoms with van der Waals surface area (Å²) in [5.74, 6) is -0.512. The SMILES string of the molecule is CC/C=C\C[C@@H](O)/C=C/C=C\C=C\[C@@H](O)C/C=C\C/C=C\CCC(=O)OC[C@H](COP(=O)(O)OC[C@@H](O)COP(=O)(O)O)OC(=O)CCCCCCCCCC(C)C. The van der Waals surface area contributed by atoms with Crippen molar-refractivity contribution >= 4 is 27.6 Å². The highest BCUT2D eigenvalue weighted by molar-refractivity contribution is 7.47. The lowest BCUT2D eigenvalue weighted by Crippen LogP contribution is -2.29. The second kappa shape index (κ2) is 35.3. The maximum absolute atomic E-state index is 12.6. The van der Waals surface area contributed by atoms with Crippen LogP contribution in [0.3, 0.4) is 0 Å². The van der Waals surface area contributed by atoms with E-state index in [0.717, 1.165) is 32.1 Å². The molecule has 0 aromatic carbocycles. The minimum absolute atomic E-state index is 0.0104. The number of carbonyl (C=O) groups is 2. The van der Waals surface area contributed by atoms with Crippen LogP contribution in [0.1, 0.15) is 117 Å². The molecule has 0 rings (SSSR count). The summed E-state index contributed by atoms with van der Waals surface area (Å²) in [5, 5.41) is 29.6. The number of esters is 2. The average molecular weight is 865 g/mol. The summed E-state index contributed by atoms with van der Waals surface area (Å²) in [5.41, 5.74) is 0. The molecule has 58 heavy (non-hydrogen) atoms. The Morgan fingerprint density at radius 1 is 0.621 bits per heavy atom. The van der Waals surface area contributed by atoms with Crippen LogP contribution in [0.5, 0.6) is 0 Å². The van der Waals surface area contributed by atoms with Crippen molar-refractivity contribution in [3.8, 4) is 0 Å². The molecule has 0 saturated heterocycles. The fourth-order valence-corrected chi connectivity index (χ4v) is 6.01. The van der Waals surface area contributed by atoms with E-state index in [1.54, 1.807) is 42.5 Å². The Labute approximate surface area is 345 Å². The number of hydrogen-bond acceptors (Lipinski definition) is 12. The molecule has 0 aromatic rings. The van der Waals surface area contributed by atoms with Crippen LogP contribution in [-0.4, -0.2) is 92.8 Å². The summed E-state index contributed by atoms with van der Waals surface area (Å²) in [7, 11) is -9.73. The molecule has 0 heterocycles. The molecule has 0 saturated carbocycles. The highest BCUT2D eigenvalue weighted by atomic mass is 31.2. The van der Waals surface area contributed by atoms with Gasteiger partial charge in [0.2, 0.25) is 0 Å². The van der Waals surface area contributed by atoms with Gasteiger partial charge in [0.05, 0.1) is 32.0 Å². The molecule has 0 aliphatic carbocycles. The van der Waals surface area contributed by atoms with Crippen LogP contribution in [0.15, 0.2) is 72.9 Å². The Bertz CT molecular complexity index is 1350. The highest BCUT2D eigenvalue weighted by Crippen LogP contribution is 2.43. The number of hydrogen-bond donors (Lipinski definition) is 6. The van der Waals surface area contributed by atoms with Crippen molar-refractivity contribution in [2.24, 2.45) is 5.92 Å². The quantitative estimate of drug-likeness (QED) is 0.0117.